The Kier molecular flexibility index (Phi) is 5.95. The molecule has 84 valence electrons. The van der Waals surface area contributed by atoms with Crippen LogP contribution in [0.15, 0.2) is 0 Å². The van der Waals surface area contributed by atoms with Crippen LogP contribution >= 0.6 is 12.6 Å². The Labute approximate surface area is 94.7 Å². The average Bonchev–Trinajstić information content (AvgIpc) is 2.98. The molecule has 1 aliphatic rings. The van der Waals surface area contributed by atoms with Crippen LogP contribution in [-0.2, 0) is 0 Å². The van der Waals surface area contributed by atoms with Gasteiger partial charge in [-0.3, -0.25) is 0 Å². The normalized spacial score (nSPS) is 18.9. The van der Waals surface area contributed by atoms with Gasteiger partial charge in [-0.1, -0.05) is 20.3 Å². The number of hydrogen-bond acceptors (Lipinski definition) is 2. The van der Waals surface area contributed by atoms with Crippen molar-refractivity contribution in [2.24, 2.45) is 11.8 Å². The molecule has 0 aromatic rings. The molecule has 0 aromatic heterocycles. The molecule has 1 aliphatic carbocycles. The lowest BCUT2D eigenvalue weighted by atomic mass is 10.1. The zero-order chi connectivity index (χ0) is 10.4. The summed E-state index contributed by atoms with van der Waals surface area (Å²) in [5.41, 5.74) is 0. The van der Waals surface area contributed by atoms with Gasteiger partial charge in [-0.15, -0.1) is 0 Å². The molecule has 0 aliphatic heterocycles. The van der Waals surface area contributed by atoms with Crippen LogP contribution in [0.5, 0.6) is 0 Å². The minimum atomic E-state index is 0.795. The standard InChI is InChI=1S/C12H25NS/c1-3-7-13(9-12-5-6-12)8-11(4-2)10-14/h11-12,14H,3-10H2,1-2H3. The highest BCUT2D eigenvalue weighted by atomic mass is 32.1. The molecule has 1 atom stereocenters. The van der Waals surface area contributed by atoms with Crippen LogP contribution in [-0.4, -0.2) is 30.3 Å². The maximum absolute atomic E-state index is 4.42. The van der Waals surface area contributed by atoms with Gasteiger partial charge in [0.1, 0.15) is 0 Å². The summed E-state index contributed by atoms with van der Waals surface area (Å²) < 4.78 is 0. The Morgan fingerprint density at radius 1 is 1.36 bits per heavy atom. The Bertz CT molecular complexity index is 141. The monoisotopic (exact) mass is 215 g/mol. The summed E-state index contributed by atoms with van der Waals surface area (Å²) in [6, 6.07) is 0. The second-order valence-corrected chi connectivity index (χ2v) is 5.02. The first-order valence-corrected chi connectivity index (χ1v) is 6.76. The Hall–Kier alpha value is 0.310. The molecular formula is C12H25NS. The maximum atomic E-state index is 4.42. The van der Waals surface area contributed by atoms with Gasteiger partial charge in [0.25, 0.3) is 0 Å². The maximum Gasteiger partial charge on any atom is 0.00175 e. The summed E-state index contributed by atoms with van der Waals surface area (Å²) in [6.07, 6.45) is 5.50. The molecule has 0 saturated heterocycles. The van der Waals surface area contributed by atoms with E-state index in [1.165, 1.54) is 45.3 Å². The zero-order valence-electron chi connectivity index (χ0n) is 9.71. The second-order valence-electron chi connectivity index (χ2n) is 4.66. The van der Waals surface area contributed by atoms with Crippen molar-refractivity contribution < 1.29 is 0 Å². The summed E-state index contributed by atoms with van der Waals surface area (Å²) in [5, 5.41) is 0. The molecule has 0 spiro atoms. The highest BCUT2D eigenvalue weighted by molar-refractivity contribution is 7.80. The van der Waals surface area contributed by atoms with Gasteiger partial charge in [-0.2, -0.15) is 12.6 Å². The van der Waals surface area contributed by atoms with Gasteiger partial charge in [0.2, 0.25) is 0 Å². The molecule has 1 saturated carbocycles. The van der Waals surface area contributed by atoms with Crippen LogP contribution in [0.2, 0.25) is 0 Å². The van der Waals surface area contributed by atoms with E-state index in [-0.39, 0.29) is 0 Å². The molecule has 0 bridgehead atoms. The van der Waals surface area contributed by atoms with E-state index >= 15 is 0 Å². The molecular weight excluding hydrogens is 190 g/mol. The average molecular weight is 215 g/mol. The van der Waals surface area contributed by atoms with Crippen molar-refractivity contribution in [2.75, 3.05) is 25.4 Å². The lowest BCUT2D eigenvalue weighted by Crippen LogP contribution is -2.32. The van der Waals surface area contributed by atoms with Crippen LogP contribution < -0.4 is 0 Å². The highest BCUT2D eigenvalue weighted by Crippen LogP contribution is 2.30. The van der Waals surface area contributed by atoms with Crippen LogP contribution in [0.4, 0.5) is 0 Å². The highest BCUT2D eigenvalue weighted by Gasteiger charge is 2.24. The van der Waals surface area contributed by atoms with Gasteiger partial charge in [-0.05, 0) is 43.4 Å². The first-order chi connectivity index (χ1) is 6.80. The molecule has 1 nitrogen and oxygen atoms in total. The fraction of sp³-hybridized carbons (Fsp3) is 1.00. The van der Waals surface area contributed by atoms with E-state index in [0.717, 1.165) is 17.6 Å². The smallest absolute Gasteiger partial charge is 0.00175 e. The van der Waals surface area contributed by atoms with Crippen LogP contribution in [0.25, 0.3) is 0 Å². The van der Waals surface area contributed by atoms with Gasteiger partial charge < -0.3 is 4.90 Å². The zero-order valence-corrected chi connectivity index (χ0v) is 10.6. The first-order valence-electron chi connectivity index (χ1n) is 6.13. The fourth-order valence-corrected chi connectivity index (χ4v) is 2.29. The molecule has 1 unspecified atom stereocenters. The van der Waals surface area contributed by atoms with Crippen molar-refractivity contribution >= 4 is 12.6 Å². The molecule has 1 rings (SSSR count). The van der Waals surface area contributed by atoms with Crippen LogP contribution in [0.3, 0.4) is 0 Å². The third-order valence-electron chi connectivity index (χ3n) is 3.11. The molecule has 0 aromatic carbocycles. The first kappa shape index (κ1) is 12.4. The number of rotatable bonds is 8. The summed E-state index contributed by atoms with van der Waals surface area (Å²) >= 11 is 4.42. The topological polar surface area (TPSA) is 3.24 Å². The largest absolute Gasteiger partial charge is 0.303 e. The van der Waals surface area contributed by atoms with Crippen molar-refractivity contribution in [1.29, 1.82) is 0 Å². The fourth-order valence-electron chi connectivity index (χ4n) is 1.92. The molecule has 14 heavy (non-hydrogen) atoms. The third-order valence-corrected chi connectivity index (χ3v) is 3.62. The predicted molar refractivity (Wildman–Crippen MR) is 67.1 cm³/mol. The van der Waals surface area contributed by atoms with E-state index in [9.17, 15) is 0 Å². The second kappa shape index (κ2) is 6.73. The molecule has 0 heterocycles. The van der Waals surface area contributed by atoms with Crippen molar-refractivity contribution in [1.82, 2.24) is 4.90 Å². The van der Waals surface area contributed by atoms with Crippen LogP contribution in [0.1, 0.15) is 39.5 Å². The lowest BCUT2D eigenvalue weighted by Gasteiger charge is -2.25. The number of nitrogens with zero attached hydrogens (tertiary/aromatic N) is 1. The van der Waals surface area contributed by atoms with Gasteiger partial charge in [0.05, 0.1) is 0 Å². The molecule has 1 fully saturated rings. The summed E-state index contributed by atoms with van der Waals surface area (Å²) in [6.45, 7) is 8.45. The lowest BCUT2D eigenvalue weighted by molar-refractivity contribution is 0.228. The quantitative estimate of drug-likeness (QED) is 0.609. The van der Waals surface area contributed by atoms with E-state index < -0.39 is 0 Å². The molecule has 0 N–H and O–H groups in total. The summed E-state index contributed by atoms with van der Waals surface area (Å²) in [4.78, 5) is 2.65. The van der Waals surface area contributed by atoms with E-state index in [1.807, 2.05) is 0 Å². The van der Waals surface area contributed by atoms with E-state index in [2.05, 4.69) is 31.4 Å². The number of hydrogen-bond donors (Lipinski definition) is 1. The minimum Gasteiger partial charge on any atom is -0.303 e. The van der Waals surface area contributed by atoms with E-state index in [4.69, 9.17) is 0 Å². The van der Waals surface area contributed by atoms with E-state index in [1.54, 1.807) is 0 Å². The van der Waals surface area contributed by atoms with E-state index in [0.29, 0.717) is 0 Å². The number of thiol groups is 1. The Balaban J connectivity index is 2.24. The third kappa shape index (κ3) is 4.70. The van der Waals surface area contributed by atoms with Crippen molar-refractivity contribution in [3.8, 4) is 0 Å². The van der Waals surface area contributed by atoms with Crippen LogP contribution in [0, 0.1) is 11.8 Å². The summed E-state index contributed by atoms with van der Waals surface area (Å²) in [7, 11) is 0. The van der Waals surface area contributed by atoms with Crippen molar-refractivity contribution in [3.63, 3.8) is 0 Å². The molecule has 0 amide bonds. The predicted octanol–water partition coefficient (Wildman–Crippen LogP) is 3.06. The van der Waals surface area contributed by atoms with Crippen molar-refractivity contribution in [3.05, 3.63) is 0 Å². The Morgan fingerprint density at radius 2 is 2.07 bits per heavy atom. The summed E-state index contributed by atoms with van der Waals surface area (Å²) in [5.74, 6) is 2.86. The molecule has 2 heteroatoms. The SMILES string of the molecule is CCCN(CC(CC)CS)CC1CC1. The van der Waals surface area contributed by atoms with Crippen molar-refractivity contribution in [2.45, 2.75) is 39.5 Å². The Morgan fingerprint density at radius 3 is 2.50 bits per heavy atom. The van der Waals surface area contributed by atoms with Gasteiger partial charge in [0.15, 0.2) is 0 Å². The van der Waals surface area contributed by atoms with Gasteiger partial charge >= 0.3 is 0 Å². The molecule has 0 radical (unpaired) electrons. The van der Waals surface area contributed by atoms with Gasteiger partial charge in [-0.25, -0.2) is 0 Å². The van der Waals surface area contributed by atoms with Gasteiger partial charge in [0, 0.05) is 13.1 Å². The minimum absolute atomic E-state index is 0.795.